The van der Waals surface area contributed by atoms with E-state index >= 15 is 0 Å². The van der Waals surface area contributed by atoms with Gasteiger partial charge in [-0.2, -0.15) is 0 Å². The molecular formula is C23H35N3O7. The number of methoxy groups -OCH3 is 1. The van der Waals surface area contributed by atoms with E-state index in [1.807, 2.05) is 6.92 Å². The Hall–Kier alpha value is -3.30. The van der Waals surface area contributed by atoms with E-state index in [4.69, 9.17) is 4.74 Å². The van der Waals surface area contributed by atoms with E-state index in [0.29, 0.717) is 12.0 Å². The fraction of sp³-hybridized carbons (Fsp3) is 0.565. The van der Waals surface area contributed by atoms with Gasteiger partial charge in [-0.25, -0.2) is 4.79 Å². The lowest BCUT2D eigenvalue weighted by atomic mass is 10.0. The summed E-state index contributed by atoms with van der Waals surface area (Å²) in [5.41, 5.74) is -0.370. The number of amides is 3. The first-order valence-electron chi connectivity index (χ1n) is 10.9. The molecule has 10 nitrogen and oxygen atoms in total. The Morgan fingerprint density at radius 3 is 2.36 bits per heavy atom. The molecule has 0 bridgehead atoms. The van der Waals surface area contributed by atoms with Crippen LogP contribution in [0.5, 0.6) is 5.75 Å². The van der Waals surface area contributed by atoms with Crippen LogP contribution in [0.3, 0.4) is 0 Å². The fourth-order valence-corrected chi connectivity index (χ4v) is 2.99. The third kappa shape index (κ3) is 10.2. The van der Waals surface area contributed by atoms with Gasteiger partial charge in [0.2, 0.25) is 11.8 Å². The lowest BCUT2D eigenvalue weighted by molar-refractivity contribution is -0.143. The van der Waals surface area contributed by atoms with Gasteiger partial charge in [0.1, 0.15) is 30.5 Å². The van der Waals surface area contributed by atoms with Crippen molar-refractivity contribution in [3.05, 3.63) is 29.8 Å². The van der Waals surface area contributed by atoms with Crippen molar-refractivity contribution in [2.75, 3.05) is 26.7 Å². The molecule has 3 N–H and O–H groups in total. The maximum absolute atomic E-state index is 13.1. The molecule has 0 radical (unpaired) electrons. The Balaban J connectivity index is 3.17. The minimum atomic E-state index is -1.13. The number of phenolic OH excluding ortho intramolecular Hbond substituents is 1. The highest BCUT2D eigenvalue weighted by Gasteiger charge is 2.32. The van der Waals surface area contributed by atoms with Crippen LogP contribution >= 0.6 is 0 Å². The molecule has 0 aliphatic heterocycles. The summed E-state index contributed by atoms with van der Waals surface area (Å²) < 4.78 is 9.73. The van der Waals surface area contributed by atoms with Gasteiger partial charge >= 0.3 is 12.1 Å². The van der Waals surface area contributed by atoms with Gasteiger partial charge in [0.25, 0.3) is 0 Å². The largest absolute Gasteiger partial charge is 0.508 e. The molecule has 0 aliphatic carbocycles. The number of nitrogens with one attached hydrogen (secondary N) is 2. The number of esters is 1. The van der Waals surface area contributed by atoms with Crippen molar-refractivity contribution in [3.8, 4) is 5.75 Å². The number of unbranched alkanes of at least 4 members (excludes halogenated alkanes) is 2. The minimum Gasteiger partial charge on any atom is -0.508 e. The van der Waals surface area contributed by atoms with Crippen LogP contribution < -0.4 is 10.6 Å². The first-order chi connectivity index (χ1) is 15.5. The molecule has 1 aromatic rings. The van der Waals surface area contributed by atoms with Crippen LogP contribution in [0.25, 0.3) is 0 Å². The number of hydrogen-bond donors (Lipinski definition) is 3. The Morgan fingerprint density at radius 2 is 1.79 bits per heavy atom. The quantitative estimate of drug-likeness (QED) is 0.337. The Morgan fingerprint density at radius 1 is 1.09 bits per heavy atom. The van der Waals surface area contributed by atoms with E-state index in [1.165, 1.54) is 24.1 Å². The molecule has 3 amide bonds. The predicted octanol–water partition coefficient (Wildman–Crippen LogP) is 2.27. The van der Waals surface area contributed by atoms with Gasteiger partial charge in [0.15, 0.2) is 0 Å². The molecule has 1 atom stereocenters. The predicted molar refractivity (Wildman–Crippen MR) is 121 cm³/mol. The Bertz CT molecular complexity index is 821. The van der Waals surface area contributed by atoms with Crippen LogP contribution in [-0.2, 0) is 23.9 Å². The molecule has 0 aromatic heterocycles. The highest BCUT2D eigenvalue weighted by atomic mass is 16.6. The van der Waals surface area contributed by atoms with Crippen molar-refractivity contribution >= 4 is 23.9 Å². The van der Waals surface area contributed by atoms with Crippen molar-refractivity contribution in [3.63, 3.8) is 0 Å². The SMILES string of the molecule is CCCCCN(C(=O)CNC(=O)OC(C)(C)C)C(C(=O)NCC(=O)OC)c1cccc(O)c1. The maximum atomic E-state index is 13.1. The van der Waals surface area contributed by atoms with Crippen LogP contribution in [0.4, 0.5) is 4.79 Å². The zero-order valence-corrected chi connectivity index (χ0v) is 20.0. The standard InChI is InChI=1S/C23H35N3O7/c1-6-7-8-12-26(18(28)14-25-22(31)33-23(2,3)4)20(16-10-9-11-17(27)13-16)21(30)24-15-19(29)32-5/h9-11,13,20,27H,6-8,12,14-15H2,1-5H3,(H,24,30)(H,25,31). The molecule has 1 aromatic carbocycles. The molecule has 0 saturated carbocycles. The summed E-state index contributed by atoms with van der Waals surface area (Å²) in [6, 6.07) is 4.85. The summed E-state index contributed by atoms with van der Waals surface area (Å²) >= 11 is 0. The van der Waals surface area contributed by atoms with Gasteiger partial charge in [-0.15, -0.1) is 0 Å². The minimum absolute atomic E-state index is 0.0777. The Kier molecular flexibility index (Phi) is 11.2. The van der Waals surface area contributed by atoms with Crippen LogP contribution in [0, 0.1) is 0 Å². The van der Waals surface area contributed by atoms with E-state index < -0.39 is 35.5 Å². The second kappa shape index (κ2) is 13.3. The zero-order chi connectivity index (χ0) is 25.0. The maximum Gasteiger partial charge on any atom is 0.408 e. The number of carbonyl (C=O) groups is 4. The zero-order valence-electron chi connectivity index (χ0n) is 20.0. The average molecular weight is 466 g/mol. The van der Waals surface area contributed by atoms with Gasteiger partial charge < -0.3 is 30.1 Å². The first kappa shape index (κ1) is 27.7. The number of hydrogen-bond acceptors (Lipinski definition) is 7. The number of alkyl carbamates (subject to hydrolysis) is 1. The normalized spacial score (nSPS) is 11.8. The molecule has 10 heteroatoms. The van der Waals surface area contributed by atoms with Crippen LogP contribution in [0.2, 0.25) is 0 Å². The van der Waals surface area contributed by atoms with Gasteiger partial charge in [-0.3, -0.25) is 14.4 Å². The number of aromatic hydroxyl groups is 1. The number of ether oxygens (including phenoxy) is 2. The summed E-state index contributed by atoms with van der Waals surface area (Å²) in [6.07, 6.45) is 1.57. The third-order valence-corrected chi connectivity index (χ3v) is 4.49. The Labute approximate surface area is 194 Å². The summed E-state index contributed by atoms with van der Waals surface area (Å²) in [5.74, 6) is -1.86. The first-order valence-corrected chi connectivity index (χ1v) is 10.9. The monoisotopic (exact) mass is 465 g/mol. The smallest absolute Gasteiger partial charge is 0.408 e. The van der Waals surface area contributed by atoms with Crippen molar-refractivity contribution in [1.29, 1.82) is 0 Å². The number of benzene rings is 1. The number of nitrogens with zero attached hydrogens (tertiary/aromatic N) is 1. The van der Waals surface area contributed by atoms with E-state index in [1.54, 1.807) is 32.9 Å². The molecule has 0 heterocycles. The van der Waals surface area contributed by atoms with Gasteiger partial charge in [0, 0.05) is 6.54 Å². The molecule has 0 saturated heterocycles. The highest BCUT2D eigenvalue weighted by molar-refractivity contribution is 5.91. The summed E-state index contributed by atoms with van der Waals surface area (Å²) in [6.45, 7) is 6.58. The van der Waals surface area contributed by atoms with Crippen LogP contribution in [0.15, 0.2) is 24.3 Å². The third-order valence-electron chi connectivity index (χ3n) is 4.49. The summed E-state index contributed by atoms with van der Waals surface area (Å²) in [4.78, 5) is 51.1. The van der Waals surface area contributed by atoms with Crippen molar-refractivity contribution in [2.45, 2.75) is 58.6 Å². The molecule has 0 fully saturated rings. The second-order valence-corrected chi connectivity index (χ2v) is 8.44. The summed E-state index contributed by atoms with van der Waals surface area (Å²) in [5, 5.41) is 14.8. The van der Waals surface area contributed by atoms with Gasteiger partial charge in [0.05, 0.1) is 7.11 Å². The van der Waals surface area contributed by atoms with Crippen LogP contribution in [-0.4, -0.2) is 66.2 Å². The van der Waals surface area contributed by atoms with E-state index in [0.717, 1.165) is 12.8 Å². The molecule has 0 spiro atoms. The highest BCUT2D eigenvalue weighted by Crippen LogP contribution is 2.25. The van der Waals surface area contributed by atoms with Crippen LogP contribution in [0.1, 0.15) is 58.6 Å². The number of phenols is 1. The average Bonchev–Trinajstić information content (AvgIpc) is 2.74. The molecule has 1 unspecified atom stereocenters. The molecule has 0 aliphatic rings. The van der Waals surface area contributed by atoms with Crippen molar-refractivity contribution < 1.29 is 33.8 Å². The summed E-state index contributed by atoms with van der Waals surface area (Å²) in [7, 11) is 1.20. The topological polar surface area (TPSA) is 134 Å². The van der Waals surface area contributed by atoms with Crippen molar-refractivity contribution in [1.82, 2.24) is 15.5 Å². The lowest BCUT2D eigenvalue weighted by Gasteiger charge is -2.31. The number of rotatable bonds is 11. The molecule has 33 heavy (non-hydrogen) atoms. The molecule has 1 rings (SSSR count). The van der Waals surface area contributed by atoms with E-state index in [9.17, 15) is 24.3 Å². The lowest BCUT2D eigenvalue weighted by Crippen LogP contribution is -2.48. The second-order valence-electron chi connectivity index (χ2n) is 8.44. The molecule has 184 valence electrons. The number of carbonyl (C=O) groups excluding carboxylic acids is 4. The van der Waals surface area contributed by atoms with Gasteiger partial charge in [-0.05, 0) is 44.9 Å². The van der Waals surface area contributed by atoms with E-state index in [2.05, 4.69) is 15.4 Å². The van der Waals surface area contributed by atoms with E-state index in [-0.39, 0.29) is 25.4 Å². The van der Waals surface area contributed by atoms with Crippen molar-refractivity contribution in [2.24, 2.45) is 0 Å². The molecular weight excluding hydrogens is 430 g/mol. The van der Waals surface area contributed by atoms with Gasteiger partial charge in [-0.1, -0.05) is 31.9 Å². The fourth-order valence-electron chi connectivity index (χ4n) is 2.99.